The second-order valence-electron chi connectivity index (χ2n) is 7.21. The molecule has 11 heteroatoms. The highest BCUT2D eigenvalue weighted by molar-refractivity contribution is 9.10. The van der Waals surface area contributed by atoms with Crippen LogP contribution in [0.25, 0.3) is 0 Å². The molecule has 1 aliphatic heterocycles. The largest absolute Gasteiger partial charge is 0.477 e. The van der Waals surface area contributed by atoms with E-state index in [-0.39, 0.29) is 11.5 Å². The topological polar surface area (TPSA) is 114 Å². The van der Waals surface area contributed by atoms with Gasteiger partial charge in [0.15, 0.2) is 0 Å². The zero-order valence-electron chi connectivity index (χ0n) is 17.2. The Hall–Kier alpha value is -2.73. The summed E-state index contributed by atoms with van der Waals surface area (Å²) in [6.07, 6.45) is 1.62. The van der Waals surface area contributed by atoms with Crippen molar-refractivity contribution in [1.29, 1.82) is 0 Å². The first-order chi connectivity index (χ1) is 15.5. The number of aliphatic hydroxyl groups is 1. The summed E-state index contributed by atoms with van der Waals surface area (Å²) >= 11 is 4.56. The van der Waals surface area contributed by atoms with Crippen molar-refractivity contribution in [2.45, 2.75) is 0 Å². The van der Waals surface area contributed by atoms with Crippen molar-refractivity contribution in [2.75, 3.05) is 54.9 Å². The van der Waals surface area contributed by atoms with Crippen LogP contribution in [0.5, 0.6) is 0 Å². The SMILES string of the molecule is O=C(O)c1sccc1Nc1nc(Nc2ccc(N3CCN(CCO)CC3)cc2)ncc1Br. The molecule has 3 heterocycles. The van der Waals surface area contributed by atoms with E-state index in [0.717, 1.165) is 55.4 Å². The number of carboxylic acid groups (broad SMARTS) is 1. The summed E-state index contributed by atoms with van der Waals surface area (Å²) in [5.41, 5.74) is 2.48. The van der Waals surface area contributed by atoms with Gasteiger partial charge < -0.3 is 25.7 Å². The van der Waals surface area contributed by atoms with Crippen LogP contribution in [0.2, 0.25) is 0 Å². The summed E-state index contributed by atoms with van der Waals surface area (Å²) in [4.78, 5) is 24.9. The number of β-amino-alcohol motifs (C(OH)–C–C–N with tert-alkyl or cyclic N) is 1. The number of aromatic nitrogens is 2. The molecule has 1 aromatic carbocycles. The number of carboxylic acids is 1. The average Bonchev–Trinajstić information content (AvgIpc) is 3.26. The van der Waals surface area contributed by atoms with Crippen LogP contribution in [0.4, 0.5) is 28.8 Å². The number of rotatable bonds is 8. The number of nitrogens with zero attached hydrogens (tertiary/aromatic N) is 4. The molecule has 0 spiro atoms. The van der Waals surface area contributed by atoms with E-state index in [4.69, 9.17) is 5.11 Å². The number of halogens is 1. The Morgan fingerprint density at radius 3 is 2.56 bits per heavy atom. The van der Waals surface area contributed by atoms with Crippen molar-refractivity contribution in [3.05, 3.63) is 51.3 Å². The molecule has 0 unspecified atom stereocenters. The van der Waals surface area contributed by atoms with Gasteiger partial charge in [0.2, 0.25) is 5.95 Å². The highest BCUT2D eigenvalue weighted by Gasteiger charge is 2.17. The molecule has 4 rings (SSSR count). The predicted molar refractivity (Wildman–Crippen MR) is 130 cm³/mol. The minimum atomic E-state index is -0.985. The fourth-order valence-corrected chi connectivity index (χ4v) is 4.45. The van der Waals surface area contributed by atoms with Crippen LogP contribution < -0.4 is 15.5 Å². The molecule has 32 heavy (non-hydrogen) atoms. The van der Waals surface area contributed by atoms with E-state index in [1.165, 1.54) is 0 Å². The van der Waals surface area contributed by atoms with Gasteiger partial charge in [-0.15, -0.1) is 11.3 Å². The number of aromatic carboxylic acids is 1. The molecule has 4 N–H and O–H groups in total. The fraction of sp³-hybridized carbons (Fsp3) is 0.286. The summed E-state index contributed by atoms with van der Waals surface area (Å²) in [5.74, 6) is -0.116. The van der Waals surface area contributed by atoms with Crippen LogP contribution in [0.3, 0.4) is 0 Å². The Labute approximate surface area is 197 Å². The first kappa shape index (κ1) is 22.5. The van der Waals surface area contributed by atoms with Gasteiger partial charge in [-0.1, -0.05) is 0 Å². The van der Waals surface area contributed by atoms with Gasteiger partial charge in [-0.2, -0.15) is 4.98 Å². The molecule has 3 aromatic rings. The number of hydrogen-bond acceptors (Lipinski definition) is 9. The lowest BCUT2D eigenvalue weighted by Crippen LogP contribution is -2.47. The lowest BCUT2D eigenvalue weighted by molar-refractivity contribution is 0.0703. The molecular formula is C21H23BrN6O3S. The Morgan fingerprint density at radius 2 is 1.88 bits per heavy atom. The summed E-state index contributed by atoms with van der Waals surface area (Å²) in [6.45, 7) is 4.67. The normalized spacial score (nSPS) is 14.4. The van der Waals surface area contributed by atoms with E-state index in [0.29, 0.717) is 21.9 Å². The number of benzene rings is 1. The zero-order chi connectivity index (χ0) is 22.5. The minimum Gasteiger partial charge on any atom is -0.477 e. The number of aliphatic hydroxyl groups excluding tert-OH is 1. The lowest BCUT2D eigenvalue weighted by Gasteiger charge is -2.35. The Kier molecular flexibility index (Phi) is 7.20. The zero-order valence-corrected chi connectivity index (χ0v) is 19.6. The molecule has 0 aliphatic carbocycles. The van der Waals surface area contributed by atoms with Crippen LogP contribution in [0.15, 0.2) is 46.4 Å². The molecule has 0 bridgehead atoms. The maximum absolute atomic E-state index is 11.4. The van der Waals surface area contributed by atoms with E-state index < -0.39 is 5.97 Å². The van der Waals surface area contributed by atoms with Crippen LogP contribution in [0.1, 0.15) is 9.67 Å². The quantitative estimate of drug-likeness (QED) is 0.355. The van der Waals surface area contributed by atoms with Crippen molar-refractivity contribution >= 4 is 62.1 Å². The molecule has 0 atom stereocenters. The van der Waals surface area contributed by atoms with E-state index in [2.05, 4.69) is 58.5 Å². The van der Waals surface area contributed by atoms with Gasteiger partial charge in [-0.05, 0) is 51.6 Å². The number of piperazine rings is 1. The maximum atomic E-state index is 11.4. The van der Waals surface area contributed by atoms with Crippen molar-refractivity contribution in [3.8, 4) is 0 Å². The molecule has 168 valence electrons. The highest BCUT2D eigenvalue weighted by Crippen LogP contribution is 2.30. The van der Waals surface area contributed by atoms with Gasteiger partial charge in [-0.25, -0.2) is 9.78 Å². The molecule has 0 saturated carbocycles. The molecular weight excluding hydrogens is 496 g/mol. The molecule has 2 aromatic heterocycles. The summed E-state index contributed by atoms with van der Waals surface area (Å²) in [6, 6.07) is 9.79. The van der Waals surface area contributed by atoms with Crippen LogP contribution >= 0.6 is 27.3 Å². The summed E-state index contributed by atoms with van der Waals surface area (Å²) in [7, 11) is 0. The number of carbonyl (C=O) groups is 1. The van der Waals surface area contributed by atoms with Gasteiger partial charge >= 0.3 is 5.97 Å². The highest BCUT2D eigenvalue weighted by atomic mass is 79.9. The van der Waals surface area contributed by atoms with Gasteiger partial charge in [0.1, 0.15) is 10.7 Å². The Bertz CT molecular complexity index is 1070. The van der Waals surface area contributed by atoms with Gasteiger partial charge in [0.25, 0.3) is 0 Å². The van der Waals surface area contributed by atoms with Crippen LogP contribution in [-0.2, 0) is 0 Å². The third-order valence-electron chi connectivity index (χ3n) is 5.13. The van der Waals surface area contributed by atoms with E-state index in [9.17, 15) is 9.90 Å². The van der Waals surface area contributed by atoms with Gasteiger partial charge in [-0.3, -0.25) is 4.90 Å². The molecule has 9 nitrogen and oxygen atoms in total. The van der Waals surface area contributed by atoms with Crippen LogP contribution in [0, 0.1) is 0 Å². The first-order valence-electron chi connectivity index (χ1n) is 10.1. The van der Waals surface area contributed by atoms with E-state index in [1.54, 1.807) is 17.6 Å². The number of thiophene rings is 1. The van der Waals surface area contributed by atoms with Crippen LogP contribution in [-0.4, -0.2) is 70.4 Å². The molecule has 0 amide bonds. The second kappa shape index (κ2) is 10.3. The molecule has 0 radical (unpaired) electrons. The third-order valence-corrected chi connectivity index (χ3v) is 6.62. The summed E-state index contributed by atoms with van der Waals surface area (Å²) in [5, 5.41) is 26.3. The second-order valence-corrected chi connectivity index (χ2v) is 8.98. The maximum Gasteiger partial charge on any atom is 0.348 e. The minimum absolute atomic E-state index is 0.198. The summed E-state index contributed by atoms with van der Waals surface area (Å²) < 4.78 is 0.626. The molecule has 1 fully saturated rings. The fourth-order valence-electron chi connectivity index (χ4n) is 3.47. The monoisotopic (exact) mass is 518 g/mol. The number of anilines is 5. The average molecular weight is 519 g/mol. The first-order valence-corrected chi connectivity index (χ1v) is 11.8. The predicted octanol–water partition coefficient (Wildman–Crippen LogP) is 3.60. The van der Waals surface area contributed by atoms with Gasteiger partial charge in [0.05, 0.1) is 16.8 Å². The van der Waals surface area contributed by atoms with Crippen molar-refractivity contribution in [2.24, 2.45) is 0 Å². The van der Waals surface area contributed by atoms with Gasteiger partial charge in [0, 0.05) is 50.3 Å². The molecule has 1 saturated heterocycles. The number of hydrogen-bond donors (Lipinski definition) is 4. The lowest BCUT2D eigenvalue weighted by atomic mass is 10.2. The third kappa shape index (κ3) is 5.36. The standard InChI is InChI=1S/C21H23BrN6O3S/c22-16-13-23-21(26-19(16)25-17-5-12-32-18(17)20(30)31)24-14-1-3-15(4-2-14)28-8-6-27(7-9-28)10-11-29/h1-5,12-13,29H,6-11H2,(H,30,31)(H2,23,24,25,26). The van der Waals surface area contributed by atoms with E-state index >= 15 is 0 Å². The Morgan fingerprint density at radius 1 is 1.12 bits per heavy atom. The smallest absolute Gasteiger partial charge is 0.348 e. The van der Waals surface area contributed by atoms with Crippen molar-refractivity contribution in [1.82, 2.24) is 14.9 Å². The van der Waals surface area contributed by atoms with Crippen molar-refractivity contribution in [3.63, 3.8) is 0 Å². The number of nitrogens with one attached hydrogen (secondary N) is 2. The van der Waals surface area contributed by atoms with Crippen molar-refractivity contribution < 1.29 is 15.0 Å². The molecule has 1 aliphatic rings. The van der Waals surface area contributed by atoms with E-state index in [1.807, 2.05) is 12.1 Å². The Balaban J connectivity index is 1.41.